The molecule has 1 N–H and O–H groups in total. The number of hydrogen-bond acceptors (Lipinski definition) is 5. The summed E-state index contributed by atoms with van der Waals surface area (Å²) in [5, 5.41) is 19.5. The molecule has 20 heavy (non-hydrogen) atoms. The molecule has 8 nitrogen and oxygen atoms in total. The van der Waals surface area contributed by atoms with E-state index in [-0.39, 0.29) is 17.8 Å². The molecule has 0 aliphatic rings. The number of nitro groups is 1. The lowest BCUT2D eigenvalue weighted by Gasteiger charge is -2.18. The molecule has 1 aromatic carbocycles. The first-order valence-corrected chi connectivity index (χ1v) is 7.30. The van der Waals surface area contributed by atoms with Crippen molar-refractivity contribution in [1.29, 1.82) is 0 Å². The van der Waals surface area contributed by atoms with Crippen molar-refractivity contribution in [2.45, 2.75) is 12.7 Å². The number of aliphatic carboxylic acids is 1. The monoisotopic (exact) mass is 302 g/mol. The van der Waals surface area contributed by atoms with Gasteiger partial charge < -0.3 is 5.11 Å². The van der Waals surface area contributed by atoms with E-state index in [1.165, 1.54) is 31.2 Å². The van der Waals surface area contributed by atoms with Gasteiger partial charge in [0.15, 0.2) is 0 Å². The lowest BCUT2D eigenvalue weighted by molar-refractivity contribution is -0.385. The van der Waals surface area contributed by atoms with Crippen molar-refractivity contribution >= 4 is 21.7 Å². The highest BCUT2D eigenvalue weighted by Crippen LogP contribution is 2.21. The Hall–Kier alpha value is -2.00. The van der Waals surface area contributed by atoms with Crippen molar-refractivity contribution < 1.29 is 23.2 Å². The number of nitrogens with zero attached hydrogens (tertiary/aromatic N) is 2. The molecule has 0 radical (unpaired) electrons. The summed E-state index contributed by atoms with van der Waals surface area (Å²) < 4.78 is 24.9. The molecule has 1 aromatic rings. The molecule has 0 saturated heterocycles. The molecule has 1 rings (SSSR count). The van der Waals surface area contributed by atoms with Crippen LogP contribution in [0.1, 0.15) is 12.5 Å². The van der Waals surface area contributed by atoms with Crippen LogP contribution in [0.3, 0.4) is 0 Å². The van der Waals surface area contributed by atoms with Crippen LogP contribution >= 0.6 is 0 Å². The second-order valence-electron chi connectivity index (χ2n) is 3.96. The van der Waals surface area contributed by atoms with Crippen LogP contribution < -0.4 is 0 Å². The Morgan fingerprint density at radius 3 is 2.50 bits per heavy atom. The number of likely N-dealkylation sites (N-methyl/N-ethyl adjacent to an activating group) is 1. The Labute approximate surface area is 115 Å². The maximum Gasteiger partial charge on any atom is 0.318 e. The van der Waals surface area contributed by atoms with Crippen LogP contribution in [-0.4, -0.2) is 41.8 Å². The van der Waals surface area contributed by atoms with Crippen molar-refractivity contribution in [2.24, 2.45) is 0 Å². The third-order valence-corrected chi connectivity index (χ3v) is 4.43. The first kappa shape index (κ1) is 16.1. The molecule has 0 aliphatic heterocycles. The number of carboxylic acid groups (broad SMARTS) is 1. The summed E-state index contributed by atoms with van der Waals surface area (Å²) in [6.45, 7) is 0.814. The molecule has 0 saturated carbocycles. The van der Waals surface area contributed by atoms with Gasteiger partial charge in [-0.05, 0) is 0 Å². The fraction of sp³-hybridized carbons (Fsp3) is 0.364. The number of para-hydroxylation sites is 1. The minimum absolute atomic E-state index is 0.0186. The van der Waals surface area contributed by atoms with Gasteiger partial charge in [0.25, 0.3) is 5.69 Å². The maximum absolute atomic E-state index is 12.1. The number of carbonyl (C=O) groups is 1. The Balaban J connectivity index is 3.07. The quantitative estimate of drug-likeness (QED) is 0.588. The van der Waals surface area contributed by atoms with E-state index >= 15 is 0 Å². The summed E-state index contributed by atoms with van der Waals surface area (Å²) in [5.41, 5.74) is -0.274. The van der Waals surface area contributed by atoms with Gasteiger partial charge in [-0.2, -0.15) is 4.31 Å². The molecule has 0 aliphatic carbocycles. The fourth-order valence-electron chi connectivity index (χ4n) is 1.66. The first-order valence-electron chi connectivity index (χ1n) is 5.70. The molecular weight excluding hydrogens is 288 g/mol. The van der Waals surface area contributed by atoms with Crippen molar-refractivity contribution in [3.05, 3.63) is 39.9 Å². The normalized spacial score (nSPS) is 11.5. The largest absolute Gasteiger partial charge is 0.480 e. The highest BCUT2D eigenvalue weighted by Gasteiger charge is 2.26. The fourth-order valence-corrected chi connectivity index (χ4v) is 3.18. The highest BCUT2D eigenvalue weighted by atomic mass is 32.2. The average molecular weight is 302 g/mol. The lowest BCUT2D eigenvalue weighted by atomic mass is 10.2. The van der Waals surface area contributed by atoms with Gasteiger partial charge in [-0.1, -0.05) is 25.1 Å². The summed E-state index contributed by atoms with van der Waals surface area (Å²) in [5.74, 6) is -1.89. The van der Waals surface area contributed by atoms with E-state index in [1.807, 2.05) is 0 Å². The highest BCUT2D eigenvalue weighted by molar-refractivity contribution is 7.88. The van der Waals surface area contributed by atoms with Crippen LogP contribution in [0.5, 0.6) is 0 Å². The van der Waals surface area contributed by atoms with Crippen LogP contribution in [0.25, 0.3) is 0 Å². The Morgan fingerprint density at radius 1 is 1.40 bits per heavy atom. The number of carboxylic acids is 1. The van der Waals surface area contributed by atoms with Crippen molar-refractivity contribution in [3.8, 4) is 0 Å². The van der Waals surface area contributed by atoms with Gasteiger partial charge in [-0.25, -0.2) is 8.42 Å². The van der Waals surface area contributed by atoms with E-state index in [9.17, 15) is 23.3 Å². The summed E-state index contributed by atoms with van der Waals surface area (Å²) in [6, 6.07) is 5.47. The Kier molecular flexibility index (Phi) is 5.17. The zero-order valence-corrected chi connectivity index (χ0v) is 11.5. The van der Waals surface area contributed by atoms with E-state index in [0.29, 0.717) is 0 Å². The number of nitro benzene ring substituents is 1. The van der Waals surface area contributed by atoms with Gasteiger partial charge in [-0.3, -0.25) is 14.9 Å². The minimum atomic E-state index is -3.93. The van der Waals surface area contributed by atoms with E-state index in [4.69, 9.17) is 5.11 Å². The zero-order chi connectivity index (χ0) is 15.3. The standard InChI is InChI=1S/C11H14N2O6S/c1-2-12(7-11(14)15)20(18,19)8-9-5-3-4-6-10(9)13(16)17/h3-6H,2,7-8H2,1H3,(H,14,15). The molecule has 0 unspecified atom stereocenters. The number of sulfonamides is 1. The van der Waals surface area contributed by atoms with Crippen LogP contribution in [-0.2, 0) is 20.6 Å². The predicted molar refractivity (Wildman–Crippen MR) is 70.6 cm³/mol. The smallest absolute Gasteiger partial charge is 0.318 e. The van der Waals surface area contributed by atoms with Crippen LogP contribution in [0.15, 0.2) is 24.3 Å². The lowest BCUT2D eigenvalue weighted by Crippen LogP contribution is -2.36. The van der Waals surface area contributed by atoms with Crippen LogP contribution in [0.2, 0.25) is 0 Å². The van der Waals surface area contributed by atoms with E-state index < -0.39 is 33.2 Å². The molecule has 110 valence electrons. The minimum Gasteiger partial charge on any atom is -0.480 e. The zero-order valence-electron chi connectivity index (χ0n) is 10.7. The van der Waals surface area contributed by atoms with Gasteiger partial charge in [0.2, 0.25) is 10.0 Å². The predicted octanol–water partition coefficient (Wildman–Crippen LogP) is 0.831. The van der Waals surface area contributed by atoms with Crippen molar-refractivity contribution in [3.63, 3.8) is 0 Å². The Bertz CT molecular complexity index is 613. The van der Waals surface area contributed by atoms with E-state index in [1.54, 1.807) is 0 Å². The molecule has 0 fully saturated rings. The summed E-state index contributed by atoms with van der Waals surface area (Å²) in [6.07, 6.45) is 0. The topological polar surface area (TPSA) is 118 Å². The van der Waals surface area contributed by atoms with Crippen molar-refractivity contribution in [2.75, 3.05) is 13.1 Å². The van der Waals surface area contributed by atoms with Gasteiger partial charge in [0.1, 0.15) is 6.54 Å². The molecule has 0 atom stereocenters. The van der Waals surface area contributed by atoms with Crippen molar-refractivity contribution in [1.82, 2.24) is 4.31 Å². The molecular formula is C11H14N2O6S. The molecule has 0 aromatic heterocycles. The van der Waals surface area contributed by atoms with Gasteiger partial charge in [-0.15, -0.1) is 0 Å². The molecule has 0 amide bonds. The number of rotatable bonds is 7. The third-order valence-electron chi connectivity index (χ3n) is 2.58. The van der Waals surface area contributed by atoms with Gasteiger partial charge in [0.05, 0.1) is 10.7 Å². The molecule has 0 spiro atoms. The van der Waals surface area contributed by atoms with Crippen LogP contribution in [0.4, 0.5) is 5.69 Å². The Morgan fingerprint density at radius 2 is 2.00 bits per heavy atom. The number of benzene rings is 1. The number of hydrogen-bond donors (Lipinski definition) is 1. The summed E-state index contributed by atoms with van der Waals surface area (Å²) >= 11 is 0. The first-order chi connectivity index (χ1) is 9.27. The second-order valence-corrected chi connectivity index (χ2v) is 5.93. The van der Waals surface area contributed by atoms with E-state index in [2.05, 4.69) is 0 Å². The summed E-state index contributed by atoms with van der Waals surface area (Å²) in [7, 11) is -3.93. The molecule has 0 bridgehead atoms. The molecule has 9 heteroatoms. The maximum atomic E-state index is 12.1. The summed E-state index contributed by atoms with van der Waals surface area (Å²) in [4.78, 5) is 20.8. The van der Waals surface area contributed by atoms with E-state index in [0.717, 1.165) is 4.31 Å². The van der Waals surface area contributed by atoms with Gasteiger partial charge in [0, 0.05) is 18.2 Å². The third kappa shape index (κ3) is 4.00. The molecule has 0 heterocycles. The van der Waals surface area contributed by atoms with Crippen LogP contribution in [0, 0.1) is 10.1 Å². The second kappa shape index (κ2) is 6.44. The van der Waals surface area contributed by atoms with Gasteiger partial charge >= 0.3 is 5.97 Å². The average Bonchev–Trinajstić information content (AvgIpc) is 2.35. The SMILES string of the molecule is CCN(CC(=O)O)S(=O)(=O)Cc1ccccc1[N+](=O)[O-].